The molecule has 0 aliphatic carbocycles. The first-order valence-electron chi connectivity index (χ1n) is 10.1. The van der Waals surface area contributed by atoms with Crippen LogP contribution in [0.4, 0.5) is 0 Å². The second kappa shape index (κ2) is 8.10. The predicted molar refractivity (Wildman–Crippen MR) is 113 cm³/mol. The van der Waals surface area contributed by atoms with E-state index in [1.165, 1.54) is 6.20 Å². The van der Waals surface area contributed by atoms with E-state index in [1.807, 2.05) is 32.0 Å². The van der Waals surface area contributed by atoms with Gasteiger partial charge in [0.05, 0.1) is 11.6 Å². The van der Waals surface area contributed by atoms with E-state index in [0.29, 0.717) is 41.8 Å². The van der Waals surface area contributed by atoms with Crippen molar-refractivity contribution in [2.24, 2.45) is 5.92 Å². The van der Waals surface area contributed by atoms with Gasteiger partial charge in [0.15, 0.2) is 0 Å². The van der Waals surface area contributed by atoms with Gasteiger partial charge >= 0.3 is 0 Å². The first-order valence-corrected chi connectivity index (χ1v) is 10.1. The highest BCUT2D eigenvalue weighted by molar-refractivity contribution is 6.44. The predicted octanol–water partition coefficient (Wildman–Crippen LogP) is 2.75. The number of ketones is 1. The normalized spacial score (nSPS) is 16.8. The van der Waals surface area contributed by atoms with E-state index in [-0.39, 0.29) is 17.9 Å². The average Bonchev–Trinajstić information content (AvgIpc) is 3.22. The third kappa shape index (κ3) is 3.58. The third-order valence-electron chi connectivity index (χ3n) is 5.65. The molecule has 0 bridgehead atoms. The molecule has 0 saturated carbocycles. The number of amides is 2. The highest BCUT2D eigenvalue weighted by Crippen LogP contribution is 2.22. The van der Waals surface area contributed by atoms with Crippen molar-refractivity contribution >= 4 is 28.6 Å². The fourth-order valence-corrected chi connectivity index (χ4v) is 3.97. The number of nitrogens with one attached hydrogen (secondary N) is 1. The van der Waals surface area contributed by atoms with E-state index in [2.05, 4.69) is 9.97 Å². The van der Waals surface area contributed by atoms with Crippen LogP contribution in [-0.2, 0) is 4.79 Å². The van der Waals surface area contributed by atoms with Gasteiger partial charge in [-0.25, -0.2) is 4.98 Å². The van der Waals surface area contributed by atoms with Crippen LogP contribution >= 0.6 is 0 Å². The number of H-pyrrole nitrogens is 1. The number of carbonyl (C=O) groups excluding carboxylic acids is 3. The molecule has 154 valence electrons. The summed E-state index contributed by atoms with van der Waals surface area (Å²) in [6, 6.07) is 12.4. The van der Waals surface area contributed by atoms with E-state index >= 15 is 0 Å². The highest BCUT2D eigenvalue weighted by Gasteiger charge is 2.37. The molecule has 3 heterocycles. The number of hydrogen-bond donors (Lipinski definition) is 1. The molecule has 1 saturated heterocycles. The van der Waals surface area contributed by atoms with Crippen LogP contribution in [0.15, 0.2) is 54.9 Å². The zero-order chi connectivity index (χ0) is 21.3. The molecule has 2 amide bonds. The number of piperazine rings is 1. The SMILES string of the molecule is CC(C)C1CN(C(=O)c2ccccc2)CCN1C(=O)C(=O)c1c[nH]c2ncccc12. The van der Waals surface area contributed by atoms with Gasteiger partial charge in [0.2, 0.25) is 0 Å². The number of hydrogen-bond acceptors (Lipinski definition) is 4. The molecule has 30 heavy (non-hydrogen) atoms. The van der Waals surface area contributed by atoms with Crippen LogP contribution in [0.1, 0.15) is 34.6 Å². The van der Waals surface area contributed by atoms with Gasteiger partial charge < -0.3 is 14.8 Å². The number of benzene rings is 1. The molecule has 1 fully saturated rings. The summed E-state index contributed by atoms with van der Waals surface area (Å²) in [5, 5.41) is 0.634. The number of nitrogens with zero attached hydrogens (tertiary/aromatic N) is 3. The van der Waals surface area contributed by atoms with Crippen molar-refractivity contribution in [3.8, 4) is 0 Å². The lowest BCUT2D eigenvalue weighted by atomic mass is 9.97. The third-order valence-corrected chi connectivity index (χ3v) is 5.65. The summed E-state index contributed by atoms with van der Waals surface area (Å²) in [5.74, 6) is -1.05. The van der Waals surface area contributed by atoms with Crippen LogP contribution in [0.2, 0.25) is 0 Å². The number of carbonyl (C=O) groups is 3. The minimum Gasteiger partial charge on any atom is -0.345 e. The molecule has 0 radical (unpaired) electrons. The largest absolute Gasteiger partial charge is 0.345 e. The Morgan fingerprint density at radius 1 is 1.07 bits per heavy atom. The number of rotatable bonds is 4. The van der Waals surface area contributed by atoms with Gasteiger partial charge in [-0.3, -0.25) is 14.4 Å². The summed E-state index contributed by atoms with van der Waals surface area (Å²) in [4.78, 5) is 49.5. The lowest BCUT2D eigenvalue weighted by molar-refractivity contribution is -0.132. The Kier molecular flexibility index (Phi) is 5.35. The molecule has 3 aromatic rings. The second-order valence-electron chi connectivity index (χ2n) is 7.86. The van der Waals surface area contributed by atoms with Gasteiger partial charge in [-0.15, -0.1) is 0 Å². The molecule has 1 aliphatic heterocycles. The minimum atomic E-state index is -0.553. The van der Waals surface area contributed by atoms with Crippen LogP contribution < -0.4 is 0 Å². The fourth-order valence-electron chi connectivity index (χ4n) is 3.97. The van der Waals surface area contributed by atoms with Crippen LogP contribution in [0.5, 0.6) is 0 Å². The summed E-state index contributed by atoms with van der Waals surface area (Å²) in [7, 11) is 0. The Morgan fingerprint density at radius 3 is 2.57 bits per heavy atom. The molecule has 1 unspecified atom stereocenters. The quantitative estimate of drug-likeness (QED) is 0.535. The Bertz CT molecular complexity index is 1090. The van der Waals surface area contributed by atoms with Gasteiger partial charge in [-0.2, -0.15) is 0 Å². The molecule has 4 rings (SSSR count). The zero-order valence-electron chi connectivity index (χ0n) is 17.0. The first-order chi connectivity index (χ1) is 14.5. The summed E-state index contributed by atoms with van der Waals surface area (Å²) in [6.07, 6.45) is 3.17. The lowest BCUT2D eigenvalue weighted by Gasteiger charge is -2.43. The van der Waals surface area contributed by atoms with Crippen molar-refractivity contribution in [2.45, 2.75) is 19.9 Å². The maximum Gasteiger partial charge on any atom is 0.295 e. The van der Waals surface area contributed by atoms with Gasteiger partial charge in [0.1, 0.15) is 5.65 Å². The molecule has 1 aliphatic rings. The summed E-state index contributed by atoms with van der Waals surface area (Å²) < 4.78 is 0. The molecule has 2 aromatic heterocycles. The molecule has 1 N–H and O–H groups in total. The van der Waals surface area contributed by atoms with E-state index in [0.717, 1.165) is 0 Å². The molecule has 1 atom stereocenters. The molecular weight excluding hydrogens is 380 g/mol. The van der Waals surface area contributed by atoms with Crippen molar-refractivity contribution in [3.63, 3.8) is 0 Å². The van der Waals surface area contributed by atoms with Crippen molar-refractivity contribution in [3.05, 3.63) is 66.0 Å². The van der Waals surface area contributed by atoms with E-state index in [4.69, 9.17) is 0 Å². The molecule has 1 aromatic carbocycles. The summed E-state index contributed by atoms with van der Waals surface area (Å²) in [5.41, 5.74) is 1.53. The number of aromatic nitrogens is 2. The monoisotopic (exact) mass is 404 g/mol. The fraction of sp³-hybridized carbons (Fsp3) is 0.304. The maximum absolute atomic E-state index is 13.1. The Hall–Kier alpha value is -3.48. The standard InChI is InChI=1S/C23H24N4O3/c1-15(2)19-14-26(22(29)16-7-4-3-5-8-16)11-12-27(19)23(30)20(28)18-13-25-21-17(18)9-6-10-24-21/h3-10,13,15,19H,11-12,14H2,1-2H3,(H,24,25). The van der Waals surface area contributed by atoms with Crippen molar-refractivity contribution in [2.75, 3.05) is 19.6 Å². The minimum absolute atomic E-state index is 0.0534. The Balaban J connectivity index is 1.54. The molecule has 0 spiro atoms. The van der Waals surface area contributed by atoms with E-state index in [9.17, 15) is 14.4 Å². The summed E-state index contributed by atoms with van der Waals surface area (Å²) >= 11 is 0. The van der Waals surface area contributed by atoms with Crippen LogP contribution in [0.3, 0.4) is 0 Å². The second-order valence-corrected chi connectivity index (χ2v) is 7.86. The van der Waals surface area contributed by atoms with Crippen molar-refractivity contribution in [1.29, 1.82) is 0 Å². The maximum atomic E-state index is 13.1. The Morgan fingerprint density at radius 2 is 1.83 bits per heavy atom. The van der Waals surface area contributed by atoms with Crippen molar-refractivity contribution < 1.29 is 14.4 Å². The topological polar surface area (TPSA) is 86.4 Å². The van der Waals surface area contributed by atoms with Crippen molar-refractivity contribution in [1.82, 2.24) is 19.8 Å². The smallest absolute Gasteiger partial charge is 0.295 e. The zero-order valence-corrected chi connectivity index (χ0v) is 17.0. The van der Waals surface area contributed by atoms with Gasteiger partial charge in [-0.05, 0) is 30.2 Å². The van der Waals surface area contributed by atoms with Crippen LogP contribution in [0, 0.1) is 5.92 Å². The van der Waals surface area contributed by atoms with Crippen LogP contribution in [0.25, 0.3) is 11.0 Å². The molecule has 7 nitrogen and oxygen atoms in total. The average molecular weight is 404 g/mol. The number of fused-ring (bicyclic) bond motifs is 1. The molecular formula is C23H24N4O3. The lowest BCUT2D eigenvalue weighted by Crippen LogP contribution is -2.59. The number of pyridine rings is 1. The van der Waals surface area contributed by atoms with E-state index in [1.54, 1.807) is 40.3 Å². The van der Waals surface area contributed by atoms with E-state index < -0.39 is 11.7 Å². The highest BCUT2D eigenvalue weighted by atomic mass is 16.2. The van der Waals surface area contributed by atoms with Gasteiger partial charge in [0, 0.05) is 43.0 Å². The molecule has 7 heteroatoms. The number of aromatic amines is 1. The Labute approximate surface area is 174 Å². The van der Waals surface area contributed by atoms with Crippen LogP contribution in [-0.4, -0.2) is 63.0 Å². The van der Waals surface area contributed by atoms with Gasteiger partial charge in [-0.1, -0.05) is 32.0 Å². The van der Waals surface area contributed by atoms with Gasteiger partial charge in [0.25, 0.3) is 17.6 Å². The first kappa shape index (κ1) is 19.8. The summed E-state index contributed by atoms with van der Waals surface area (Å²) in [6.45, 7) is 5.13. The number of Topliss-reactive ketones (excluding diaryl/α,β-unsaturated/α-hetero) is 1.